The molecule has 2 amide bonds. The number of methoxy groups -OCH3 is 1. The minimum absolute atomic E-state index is 0.0754. The number of alkyl carbamates (subject to hydrolysis) is 1. The van der Waals surface area contributed by atoms with Gasteiger partial charge in [-0.05, 0) is 45.9 Å². The minimum Gasteiger partial charge on any atom is -0.480 e. The zero-order valence-corrected chi connectivity index (χ0v) is 21.4. The smallest absolute Gasteiger partial charge is 0.413 e. The Hall–Kier alpha value is -3.25. The molecule has 3 heterocycles. The third-order valence-corrected chi connectivity index (χ3v) is 6.81. The van der Waals surface area contributed by atoms with E-state index in [1.165, 1.54) is 43.4 Å². The monoisotopic (exact) mass is 517 g/mol. The number of rotatable bonds is 4. The normalized spacial score (nSPS) is 23.3. The minimum atomic E-state index is -1.08. The summed E-state index contributed by atoms with van der Waals surface area (Å²) in [5.41, 5.74) is -1.07. The molecule has 3 atom stereocenters. The van der Waals surface area contributed by atoms with Crippen LogP contribution < -0.4 is 15.4 Å². The number of amidine groups is 1. The number of thioether (sulfide) groups is 1. The molecule has 1 saturated heterocycles. The summed E-state index contributed by atoms with van der Waals surface area (Å²) in [6.45, 7) is 7.33. The Bertz CT molecular complexity index is 1190. The molecule has 1 fully saturated rings. The largest absolute Gasteiger partial charge is 0.480 e. The molecule has 2 N–H and O–H groups in total. The number of aliphatic imine (C=N–C) groups is 1. The quantitative estimate of drug-likeness (QED) is 0.629. The third kappa shape index (κ3) is 5.44. The summed E-state index contributed by atoms with van der Waals surface area (Å²) in [6, 6.07) is 4.28. The van der Waals surface area contributed by atoms with Gasteiger partial charge in [0.05, 0.1) is 32.2 Å². The Morgan fingerprint density at radius 1 is 1.22 bits per heavy atom. The molecule has 1 aromatic carbocycles. The van der Waals surface area contributed by atoms with Crippen LogP contribution in [0.15, 0.2) is 35.6 Å². The van der Waals surface area contributed by atoms with Gasteiger partial charge in [0.1, 0.15) is 22.7 Å². The molecule has 0 bridgehead atoms. The molecule has 0 spiro atoms. The highest BCUT2D eigenvalue weighted by Gasteiger charge is 2.53. The fourth-order valence-corrected chi connectivity index (χ4v) is 5.37. The Labute approximate surface area is 212 Å². The number of amides is 2. The lowest BCUT2D eigenvalue weighted by molar-refractivity contribution is 0.0563. The summed E-state index contributed by atoms with van der Waals surface area (Å²) in [5.74, 6) is -0.331. The number of nitrogens with one attached hydrogen (secondary N) is 2. The predicted octanol–water partition coefficient (Wildman–Crippen LogP) is 3.73. The van der Waals surface area contributed by atoms with Gasteiger partial charge in [-0.15, -0.1) is 0 Å². The van der Waals surface area contributed by atoms with E-state index in [9.17, 15) is 9.59 Å². The van der Waals surface area contributed by atoms with Gasteiger partial charge < -0.3 is 19.5 Å². The molecule has 36 heavy (non-hydrogen) atoms. The number of halogens is 1. The molecule has 0 saturated carbocycles. The van der Waals surface area contributed by atoms with Crippen LogP contribution in [0.25, 0.3) is 0 Å². The van der Waals surface area contributed by atoms with E-state index in [2.05, 4.69) is 20.6 Å². The molecule has 2 aromatic rings. The number of fused-ring (bicyclic) bond motifs is 1. The summed E-state index contributed by atoms with van der Waals surface area (Å²) in [7, 11) is 1.45. The molecule has 2 aliphatic heterocycles. The highest BCUT2D eigenvalue weighted by Crippen LogP contribution is 2.48. The first-order chi connectivity index (χ1) is 17.0. The third-order valence-electron chi connectivity index (χ3n) is 5.82. The van der Waals surface area contributed by atoms with Gasteiger partial charge in [0, 0.05) is 22.9 Å². The van der Waals surface area contributed by atoms with E-state index >= 15 is 4.39 Å². The van der Waals surface area contributed by atoms with Crippen LogP contribution in [0.4, 0.5) is 14.9 Å². The van der Waals surface area contributed by atoms with Gasteiger partial charge in [0.2, 0.25) is 5.88 Å². The number of anilines is 1. The van der Waals surface area contributed by atoms with Crippen molar-refractivity contribution in [3.05, 3.63) is 47.7 Å². The van der Waals surface area contributed by atoms with Gasteiger partial charge in [0.25, 0.3) is 5.91 Å². The van der Waals surface area contributed by atoms with Gasteiger partial charge in [0.15, 0.2) is 5.17 Å². The second-order valence-corrected chi connectivity index (χ2v) is 10.5. The summed E-state index contributed by atoms with van der Waals surface area (Å²) in [4.78, 5) is 37.8. The van der Waals surface area contributed by atoms with E-state index in [0.29, 0.717) is 16.6 Å². The Kier molecular flexibility index (Phi) is 7.19. The highest BCUT2D eigenvalue weighted by molar-refractivity contribution is 8.13. The van der Waals surface area contributed by atoms with E-state index < -0.39 is 29.0 Å². The van der Waals surface area contributed by atoms with Crippen LogP contribution in [0.2, 0.25) is 0 Å². The van der Waals surface area contributed by atoms with Crippen LogP contribution in [0.1, 0.15) is 43.7 Å². The predicted molar refractivity (Wildman–Crippen MR) is 133 cm³/mol. The maximum Gasteiger partial charge on any atom is 0.413 e. The number of nitrogens with zero attached hydrogens (tertiary/aromatic N) is 3. The van der Waals surface area contributed by atoms with Gasteiger partial charge in [-0.25, -0.2) is 24.1 Å². The molecule has 0 unspecified atom stereocenters. The molecule has 2 aliphatic rings. The van der Waals surface area contributed by atoms with Crippen molar-refractivity contribution in [3.8, 4) is 5.88 Å². The second-order valence-electron chi connectivity index (χ2n) is 9.49. The van der Waals surface area contributed by atoms with Crippen molar-refractivity contribution in [1.29, 1.82) is 0 Å². The van der Waals surface area contributed by atoms with Crippen molar-refractivity contribution in [2.45, 2.75) is 44.9 Å². The number of carbonyl (C=O) groups excluding carboxylic acids is 2. The summed E-state index contributed by atoms with van der Waals surface area (Å²) in [6.07, 6.45) is 1.80. The number of ether oxygens (including phenoxy) is 3. The van der Waals surface area contributed by atoms with Gasteiger partial charge in [-0.1, -0.05) is 11.8 Å². The zero-order chi connectivity index (χ0) is 26.1. The molecule has 0 aliphatic carbocycles. The Morgan fingerprint density at radius 2 is 2.00 bits per heavy atom. The maximum atomic E-state index is 15.3. The SMILES string of the molecule is COc1cnc(C(=O)Nc2ccc(F)c([C@]34CO[C@H](C)[C@H]3CSC(NC(=O)OC(C)(C)C)=N4)c2)cn1. The molecule has 10 nitrogen and oxygen atoms in total. The fraction of sp³-hybridized carbons (Fsp3) is 0.458. The van der Waals surface area contributed by atoms with Crippen LogP contribution in [0.3, 0.4) is 0 Å². The molecular formula is C24H28FN5O5S. The lowest BCUT2D eigenvalue weighted by Gasteiger charge is -2.36. The van der Waals surface area contributed by atoms with E-state index in [0.717, 1.165) is 0 Å². The lowest BCUT2D eigenvalue weighted by atomic mass is 9.79. The topological polar surface area (TPSA) is 124 Å². The van der Waals surface area contributed by atoms with E-state index in [-0.39, 0.29) is 35.8 Å². The summed E-state index contributed by atoms with van der Waals surface area (Å²) in [5, 5.41) is 5.72. The summed E-state index contributed by atoms with van der Waals surface area (Å²) >= 11 is 1.35. The molecule has 192 valence electrons. The average molecular weight is 518 g/mol. The number of hydrogen-bond acceptors (Lipinski definition) is 9. The lowest BCUT2D eigenvalue weighted by Crippen LogP contribution is -2.44. The van der Waals surface area contributed by atoms with E-state index in [4.69, 9.17) is 19.2 Å². The van der Waals surface area contributed by atoms with Crippen LogP contribution >= 0.6 is 11.8 Å². The van der Waals surface area contributed by atoms with Gasteiger partial charge in [-0.2, -0.15) is 0 Å². The Morgan fingerprint density at radius 3 is 2.67 bits per heavy atom. The van der Waals surface area contributed by atoms with Crippen LogP contribution in [-0.4, -0.2) is 58.3 Å². The maximum absolute atomic E-state index is 15.3. The second kappa shape index (κ2) is 10.0. The van der Waals surface area contributed by atoms with Crippen molar-refractivity contribution < 1.29 is 28.2 Å². The first-order valence-electron chi connectivity index (χ1n) is 11.3. The van der Waals surface area contributed by atoms with Crippen molar-refractivity contribution in [2.75, 3.05) is 24.8 Å². The van der Waals surface area contributed by atoms with Crippen LogP contribution in [0.5, 0.6) is 5.88 Å². The van der Waals surface area contributed by atoms with E-state index in [1.54, 1.807) is 26.8 Å². The molecule has 0 radical (unpaired) electrons. The van der Waals surface area contributed by atoms with E-state index in [1.807, 2.05) is 6.92 Å². The highest BCUT2D eigenvalue weighted by atomic mass is 32.2. The van der Waals surface area contributed by atoms with Gasteiger partial charge in [-0.3, -0.25) is 10.1 Å². The molecular weight excluding hydrogens is 489 g/mol. The molecule has 12 heteroatoms. The number of benzene rings is 1. The van der Waals surface area contributed by atoms with Gasteiger partial charge >= 0.3 is 6.09 Å². The van der Waals surface area contributed by atoms with Crippen molar-refractivity contribution in [1.82, 2.24) is 15.3 Å². The zero-order valence-electron chi connectivity index (χ0n) is 20.6. The Balaban J connectivity index is 1.64. The standard InChI is InChI=1S/C24H28FN5O5S/c1-13-16-11-36-21(29-22(32)35-23(2,3)4)30-24(16,12-34-13)15-8-14(6-7-17(15)25)28-20(31)18-9-27-19(33-5)10-26-18/h6-10,13,16H,11-12H2,1-5H3,(H,28,31)(H,29,30,32)/t13-,16-,24-/m1/s1. The van der Waals surface area contributed by atoms with Crippen molar-refractivity contribution in [3.63, 3.8) is 0 Å². The first-order valence-corrected chi connectivity index (χ1v) is 12.3. The molecule has 1 aromatic heterocycles. The first kappa shape index (κ1) is 25.8. The van der Waals surface area contributed by atoms with Crippen LogP contribution in [-0.2, 0) is 15.0 Å². The van der Waals surface area contributed by atoms with Crippen molar-refractivity contribution >= 4 is 34.6 Å². The molecule has 4 rings (SSSR count). The fourth-order valence-electron chi connectivity index (χ4n) is 4.10. The summed E-state index contributed by atoms with van der Waals surface area (Å²) < 4.78 is 31.5. The number of hydrogen-bond donors (Lipinski definition) is 2. The number of aromatic nitrogens is 2. The van der Waals surface area contributed by atoms with Crippen LogP contribution in [0, 0.1) is 11.7 Å². The van der Waals surface area contributed by atoms with Crippen molar-refractivity contribution in [2.24, 2.45) is 10.9 Å². The number of carbonyl (C=O) groups is 2. The average Bonchev–Trinajstić information content (AvgIpc) is 3.15.